The minimum absolute atomic E-state index is 0.0216. The molecule has 2 atom stereocenters. The van der Waals surface area contributed by atoms with Gasteiger partial charge in [-0.3, -0.25) is 4.79 Å². The van der Waals surface area contributed by atoms with Crippen LogP contribution in [0.2, 0.25) is 0 Å². The first kappa shape index (κ1) is 24.2. The van der Waals surface area contributed by atoms with E-state index in [9.17, 15) is 4.79 Å². The van der Waals surface area contributed by atoms with Crippen LogP contribution in [0.1, 0.15) is 47.1 Å². The maximum atomic E-state index is 11.7. The molecule has 2 aliphatic rings. The first-order valence-corrected chi connectivity index (χ1v) is 12.4. The molecule has 6 nitrogen and oxygen atoms in total. The molecule has 1 heterocycles. The fraction of sp³-hybridized carbons (Fsp3) is 0.367. The number of carbonyl (C=O) groups is 1. The Morgan fingerprint density at radius 3 is 2.67 bits per heavy atom. The normalized spacial score (nSPS) is 17.8. The van der Waals surface area contributed by atoms with Crippen LogP contribution < -0.4 is 14.2 Å². The van der Waals surface area contributed by atoms with Crippen LogP contribution in [0.5, 0.6) is 17.2 Å². The van der Waals surface area contributed by atoms with Crippen molar-refractivity contribution in [2.24, 2.45) is 0 Å². The molecule has 0 amide bonds. The van der Waals surface area contributed by atoms with E-state index in [-0.39, 0.29) is 18.0 Å². The topological polar surface area (TPSA) is 63.2 Å². The van der Waals surface area contributed by atoms with E-state index in [0.29, 0.717) is 26.2 Å². The van der Waals surface area contributed by atoms with Gasteiger partial charge >= 0.3 is 5.97 Å². The lowest BCUT2D eigenvalue weighted by Gasteiger charge is -2.18. The number of hydrogen-bond acceptors (Lipinski definition) is 6. The average molecular weight is 489 g/mol. The summed E-state index contributed by atoms with van der Waals surface area (Å²) in [6.07, 6.45) is 2.16. The minimum Gasteiger partial charge on any atom is -0.492 e. The smallest absolute Gasteiger partial charge is 0.306 e. The second-order valence-corrected chi connectivity index (χ2v) is 9.28. The molecule has 0 unspecified atom stereocenters. The van der Waals surface area contributed by atoms with Crippen LogP contribution >= 0.6 is 0 Å². The fourth-order valence-electron chi connectivity index (χ4n) is 5.24. The second-order valence-electron chi connectivity index (χ2n) is 9.28. The van der Waals surface area contributed by atoms with Crippen molar-refractivity contribution in [1.29, 1.82) is 0 Å². The Bertz CT molecular complexity index is 1250. The molecule has 0 radical (unpaired) electrons. The molecule has 0 saturated carbocycles. The van der Waals surface area contributed by atoms with Crippen molar-refractivity contribution in [3.05, 3.63) is 76.9 Å². The lowest BCUT2D eigenvalue weighted by molar-refractivity contribution is -0.141. The Hall–Kier alpha value is -3.51. The quantitative estimate of drug-likeness (QED) is 0.281. The molecular formula is C30H32O6. The molecule has 0 N–H and O–H groups in total. The first-order chi connectivity index (χ1) is 17.6. The summed E-state index contributed by atoms with van der Waals surface area (Å²) in [7, 11) is 3.09. The van der Waals surface area contributed by atoms with Crippen LogP contribution in [0.15, 0.2) is 54.6 Å². The number of esters is 1. The molecule has 5 rings (SSSR count). The number of methoxy groups -OCH3 is 2. The zero-order valence-corrected chi connectivity index (χ0v) is 21.0. The van der Waals surface area contributed by atoms with Gasteiger partial charge in [0.05, 0.1) is 26.7 Å². The minimum atomic E-state index is -0.225. The Morgan fingerprint density at radius 1 is 1.00 bits per heavy atom. The monoisotopic (exact) mass is 488 g/mol. The van der Waals surface area contributed by atoms with Crippen molar-refractivity contribution in [2.45, 2.75) is 38.2 Å². The number of benzene rings is 3. The number of carbonyl (C=O) groups excluding carboxylic acids is 1. The van der Waals surface area contributed by atoms with E-state index >= 15 is 0 Å². The van der Waals surface area contributed by atoms with Gasteiger partial charge in [-0.15, -0.1) is 0 Å². The van der Waals surface area contributed by atoms with Gasteiger partial charge in [-0.05, 0) is 59.7 Å². The van der Waals surface area contributed by atoms with E-state index in [2.05, 4.69) is 31.2 Å². The van der Waals surface area contributed by atoms with Crippen LogP contribution in [0.3, 0.4) is 0 Å². The molecule has 0 bridgehead atoms. The van der Waals surface area contributed by atoms with E-state index in [1.165, 1.54) is 29.4 Å². The van der Waals surface area contributed by atoms with Crippen molar-refractivity contribution < 1.29 is 28.5 Å². The molecule has 0 aromatic heterocycles. The number of hydrogen-bond donors (Lipinski definition) is 0. The van der Waals surface area contributed by atoms with Crippen LogP contribution in [0.25, 0.3) is 11.1 Å². The highest BCUT2D eigenvalue weighted by molar-refractivity contribution is 5.74. The van der Waals surface area contributed by atoms with Gasteiger partial charge in [-0.1, -0.05) is 36.4 Å². The lowest BCUT2D eigenvalue weighted by atomic mass is 9.93. The second kappa shape index (κ2) is 10.6. The van der Waals surface area contributed by atoms with E-state index in [0.717, 1.165) is 41.2 Å². The zero-order chi connectivity index (χ0) is 25.1. The summed E-state index contributed by atoms with van der Waals surface area (Å²) in [6, 6.07) is 18.6. The SMILES string of the molecule is COCCOc1cccc(-c2cccc3c2CC[C@H]3Oc2ccc3c(c2)OC[C@H]3CC(=O)OC)c1C. The highest BCUT2D eigenvalue weighted by atomic mass is 16.5. The van der Waals surface area contributed by atoms with Crippen LogP contribution in [-0.4, -0.2) is 40.0 Å². The van der Waals surface area contributed by atoms with Gasteiger partial charge in [-0.25, -0.2) is 0 Å². The highest BCUT2D eigenvalue weighted by Gasteiger charge is 2.30. The van der Waals surface area contributed by atoms with Crippen molar-refractivity contribution >= 4 is 5.97 Å². The Labute approximate surface area is 212 Å². The third kappa shape index (κ3) is 4.78. The highest BCUT2D eigenvalue weighted by Crippen LogP contribution is 2.44. The van der Waals surface area contributed by atoms with Gasteiger partial charge in [0.2, 0.25) is 0 Å². The summed E-state index contributed by atoms with van der Waals surface area (Å²) in [5.41, 5.74) is 7.13. The van der Waals surface area contributed by atoms with E-state index < -0.39 is 0 Å². The summed E-state index contributed by atoms with van der Waals surface area (Å²) in [5, 5.41) is 0. The number of rotatable bonds is 9. The van der Waals surface area contributed by atoms with Gasteiger partial charge in [0.1, 0.15) is 30.0 Å². The van der Waals surface area contributed by atoms with Gasteiger partial charge < -0.3 is 23.7 Å². The predicted octanol–water partition coefficient (Wildman–Crippen LogP) is 5.79. The molecule has 1 aliphatic carbocycles. The maximum Gasteiger partial charge on any atom is 0.306 e. The summed E-state index contributed by atoms with van der Waals surface area (Å²) in [5.74, 6) is 2.25. The Balaban J connectivity index is 1.35. The molecule has 3 aromatic carbocycles. The van der Waals surface area contributed by atoms with Crippen molar-refractivity contribution in [3.63, 3.8) is 0 Å². The van der Waals surface area contributed by atoms with Crippen molar-refractivity contribution in [2.75, 3.05) is 34.0 Å². The number of ether oxygens (including phenoxy) is 5. The van der Waals surface area contributed by atoms with Crippen LogP contribution in [0, 0.1) is 6.92 Å². The van der Waals surface area contributed by atoms with Gasteiger partial charge in [0.15, 0.2) is 0 Å². The summed E-state index contributed by atoms with van der Waals surface area (Å²) < 4.78 is 28.2. The lowest BCUT2D eigenvalue weighted by Crippen LogP contribution is -2.09. The van der Waals surface area contributed by atoms with Gasteiger partial charge in [0, 0.05) is 24.7 Å². The van der Waals surface area contributed by atoms with E-state index in [1.54, 1.807) is 7.11 Å². The summed E-state index contributed by atoms with van der Waals surface area (Å²) >= 11 is 0. The summed E-state index contributed by atoms with van der Waals surface area (Å²) in [6.45, 7) is 3.68. The largest absolute Gasteiger partial charge is 0.492 e. The molecule has 0 fully saturated rings. The van der Waals surface area contributed by atoms with E-state index in [4.69, 9.17) is 23.7 Å². The molecule has 0 spiro atoms. The standard InChI is InChI=1S/C30H32O6/c1-19-22(6-5-9-27(19)34-15-14-32-2)24-7-4-8-26-25(24)12-13-28(26)36-21-10-11-23-20(16-30(31)33-3)18-35-29(23)17-21/h4-11,17,20,28H,12-16,18H2,1-3H3/t20-,28-/m1/s1. The molecule has 188 valence electrons. The molecule has 6 heteroatoms. The zero-order valence-electron chi connectivity index (χ0n) is 21.0. The predicted molar refractivity (Wildman–Crippen MR) is 137 cm³/mol. The van der Waals surface area contributed by atoms with Gasteiger partial charge in [-0.2, -0.15) is 0 Å². The van der Waals surface area contributed by atoms with Crippen molar-refractivity contribution in [3.8, 4) is 28.4 Å². The van der Waals surface area contributed by atoms with Crippen LogP contribution in [-0.2, 0) is 20.7 Å². The maximum absolute atomic E-state index is 11.7. The third-order valence-electron chi connectivity index (χ3n) is 7.12. The molecule has 1 aliphatic heterocycles. The first-order valence-electron chi connectivity index (χ1n) is 12.4. The fourth-order valence-corrected chi connectivity index (χ4v) is 5.24. The van der Waals surface area contributed by atoms with E-state index in [1.807, 2.05) is 30.3 Å². The molecule has 0 saturated heterocycles. The third-order valence-corrected chi connectivity index (χ3v) is 7.12. The van der Waals surface area contributed by atoms with Crippen LogP contribution in [0.4, 0.5) is 0 Å². The Morgan fingerprint density at radius 2 is 1.83 bits per heavy atom. The summed E-state index contributed by atoms with van der Waals surface area (Å²) in [4.78, 5) is 11.7. The number of fused-ring (bicyclic) bond motifs is 2. The molecular weight excluding hydrogens is 456 g/mol. The van der Waals surface area contributed by atoms with Crippen molar-refractivity contribution in [1.82, 2.24) is 0 Å². The van der Waals surface area contributed by atoms with Gasteiger partial charge in [0.25, 0.3) is 0 Å². The molecule has 3 aromatic rings. The Kier molecular flexibility index (Phi) is 7.14. The molecule has 36 heavy (non-hydrogen) atoms. The average Bonchev–Trinajstić information content (AvgIpc) is 3.49.